The lowest BCUT2D eigenvalue weighted by atomic mass is 10.1. The molecule has 1 unspecified atom stereocenters. The maximum Gasteiger partial charge on any atom is 0.126 e. The van der Waals surface area contributed by atoms with Crippen molar-refractivity contribution < 1.29 is 4.74 Å². The van der Waals surface area contributed by atoms with Gasteiger partial charge in [0.15, 0.2) is 0 Å². The maximum absolute atomic E-state index is 8.67. The molecule has 1 aromatic carbocycles. The monoisotopic (exact) mass is 253 g/mol. The van der Waals surface area contributed by atoms with Gasteiger partial charge in [0, 0.05) is 0 Å². The lowest BCUT2D eigenvalue weighted by Crippen LogP contribution is -2.05. The van der Waals surface area contributed by atoms with E-state index in [0.717, 1.165) is 11.3 Å². The lowest BCUT2D eigenvalue weighted by molar-refractivity contribution is 0.242. The fourth-order valence-electron chi connectivity index (χ4n) is 1.06. The van der Waals surface area contributed by atoms with Gasteiger partial charge in [-0.2, -0.15) is 5.26 Å². The van der Waals surface area contributed by atoms with Crippen LogP contribution in [0.1, 0.15) is 24.2 Å². The van der Waals surface area contributed by atoms with E-state index >= 15 is 0 Å². The van der Waals surface area contributed by atoms with Gasteiger partial charge in [0.05, 0.1) is 12.2 Å². The van der Waals surface area contributed by atoms with E-state index in [0.29, 0.717) is 0 Å². The molecule has 2 nitrogen and oxygen atoms in total. The molecule has 0 aliphatic carbocycles. The van der Waals surface area contributed by atoms with Crippen LogP contribution in [0.15, 0.2) is 24.3 Å². The number of rotatable bonds is 3. The van der Waals surface area contributed by atoms with Crippen molar-refractivity contribution in [3.63, 3.8) is 0 Å². The standard InChI is InChI=1S/C11H12BrNO/c1-8(2)14-10-5-3-9(4-6-10)11(12)7-13/h3-6,8,11H,1-2H3. The van der Waals surface area contributed by atoms with E-state index < -0.39 is 0 Å². The molecule has 0 aliphatic rings. The average molecular weight is 254 g/mol. The van der Waals surface area contributed by atoms with Crippen LogP contribution in [0.5, 0.6) is 5.75 Å². The second kappa shape index (κ2) is 5.02. The zero-order chi connectivity index (χ0) is 10.6. The first-order chi connectivity index (χ1) is 6.63. The highest BCUT2D eigenvalue weighted by Crippen LogP contribution is 2.23. The summed E-state index contributed by atoms with van der Waals surface area (Å²) in [5.74, 6) is 0.835. The molecular formula is C11H12BrNO. The van der Waals surface area contributed by atoms with Gasteiger partial charge >= 0.3 is 0 Å². The van der Waals surface area contributed by atoms with Gasteiger partial charge < -0.3 is 4.74 Å². The molecule has 0 heterocycles. The van der Waals surface area contributed by atoms with Crippen LogP contribution in [0.2, 0.25) is 0 Å². The number of hydrogen-bond acceptors (Lipinski definition) is 2. The highest BCUT2D eigenvalue weighted by Gasteiger charge is 2.05. The SMILES string of the molecule is CC(C)Oc1ccc(C(Br)C#N)cc1. The Balaban J connectivity index is 2.74. The normalized spacial score (nSPS) is 12.2. The van der Waals surface area contributed by atoms with Crippen molar-refractivity contribution in [2.45, 2.75) is 24.8 Å². The second-order valence-electron chi connectivity index (χ2n) is 3.23. The number of alkyl halides is 1. The molecule has 0 saturated carbocycles. The van der Waals surface area contributed by atoms with Crippen molar-refractivity contribution in [1.29, 1.82) is 5.26 Å². The number of benzene rings is 1. The van der Waals surface area contributed by atoms with Crippen molar-refractivity contribution in [3.8, 4) is 11.8 Å². The van der Waals surface area contributed by atoms with Crippen LogP contribution in [0, 0.1) is 11.3 Å². The van der Waals surface area contributed by atoms with E-state index in [1.807, 2.05) is 38.1 Å². The summed E-state index contributed by atoms with van der Waals surface area (Å²) in [6.45, 7) is 3.97. The fourth-order valence-corrected chi connectivity index (χ4v) is 1.37. The number of hydrogen-bond donors (Lipinski definition) is 0. The molecule has 0 amide bonds. The predicted molar refractivity (Wildman–Crippen MR) is 59.5 cm³/mol. The van der Waals surface area contributed by atoms with Gasteiger partial charge in [-0.05, 0) is 31.5 Å². The Labute approximate surface area is 92.6 Å². The van der Waals surface area contributed by atoms with Gasteiger partial charge in [0.25, 0.3) is 0 Å². The van der Waals surface area contributed by atoms with Crippen LogP contribution in [0.25, 0.3) is 0 Å². The molecule has 0 N–H and O–H groups in total. The smallest absolute Gasteiger partial charge is 0.126 e. The summed E-state index contributed by atoms with van der Waals surface area (Å²) in [4.78, 5) is -0.240. The van der Waals surface area contributed by atoms with Crippen LogP contribution in [0.3, 0.4) is 0 Å². The molecule has 1 aromatic rings. The summed E-state index contributed by atoms with van der Waals surface area (Å²) in [5.41, 5.74) is 0.948. The molecule has 1 atom stereocenters. The summed E-state index contributed by atoms with van der Waals surface area (Å²) < 4.78 is 5.48. The molecule has 0 saturated heterocycles. The van der Waals surface area contributed by atoms with E-state index in [1.165, 1.54) is 0 Å². The first-order valence-corrected chi connectivity index (χ1v) is 5.35. The van der Waals surface area contributed by atoms with Crippen molar-refractivity contribution in [1.82, 2.24) is 0 Å². The minimum absolute atomic E-state index is 0.177. The van der Waals surface area contributed by atoms with Gasteiger partial charge in [-0.15, -0.1) is 0 Å². The molecular weight excluding hydrogens is 242 g/mol. The maximum atomic E-state index is 8.67. The number of nitriles is 1. The highest BCUT2D eigenvalue weighted by atomic mass is 79.9. The molecule has 14 heavy (non-hydrogen) atoms. The Morgan fingerprint density at radius 2 is 1.86 bits per heavy atom. The molecule has 1 rings (SSSR count). The Kier molecular flexibility index (Phi) is 3.97. The van der Waals surface area contributed by atoms with E-state index in [-0.39, 0.29) is 10.9 Å². The third-order valence-electron chi connectivity index (χ3n) is 1.66. The summed E-state index contributed by atoms with van der Waals surface area (Å²) in [6, 6.07) is 9.65. The van der Waals surface area contributed by atoms with Crippen molar-refractivity contribution in [2.75, 3.05) is 0 Å². The molecule has 0 bridgehead atoms. The Morgan fingerprint density at radius 1 is 1.29 bits per heavy atom. The Morgan fingerprint density at radius 3 is 2.29 bits per heavy atom. The summed E-state index contributed by atoms with van der Waals surface area (Å²) in [7, 11) is 0. The largest absolute Gasteiger partial charge is 0.491 e. The second-order valence-corrected chi connectivity index (χ2v) is 4.14. The van der Waals surface area contributed by atoms with Gasteiger partial charge in [-0.1, -0.05) is 28.1 Å². The van der Waals surface area contributed by atoms with Crippen LogP contribution >= 0.6 is 15.9 Å². The minimum Gasteiger partial charge on any atom is -0.491 e. The van der Waals surface area contributed by atoms with E-state index in [2.05, 4.69) is 22.0 Å². The third-order valence-corrected chi connectivity index (χ3v) is 2.39. The minimum atomic E-state index is -0.240. The third kappa shape index (κ3) is 3.04. The van der Waals surface area contributed by atoms with Crippen molar-refractivity contribution in [3.05, 3.63) is 29.8 Å². The lowest BCUT2D eigenvalue weighted by Gasteiger charge is -2.10. The van der Waals surface area contributed by atoms with E-state index in [9.17, 15) is 0 Å². The average Bonchev–Trinajstić information content (AvgIpc) is 2.17. The molecule has 0 fully saturated rings. The van der Waals surface area contributed by atoms with Crippen LogP contribution in [0.4, 0.5) is 0 Å². The van der Waals surface area contributed by atoms with Crippen molar-refractivity contribution >= 4 is 15.9 Å². The first-order valence-electron chi connectivity index (χ1n) is 4.44. The van der Waals surface area contributed by atoms with Crippen LogP contribution in [-0.2, 0) is 0 Å². The molecule has 0 radical (unpaired) electrons. The molecule has 3 heteroatoms. The summed E-state index contributed by atoms with van der Waals surface area (Å²) in [5, 5.41) is 8.67. The van der Waals surface area contributed by atoms with Gasteiger partial charge in [-0.25, -0.2) is 0 Å². The van der Waals surface area contributed by atoms with Gasteiger partial charge in [0.2, 0.25) is 0 Å². The van der Waals surface area contributed by atoms with Crippen molar-refractivity contribution in [2.24, 2.45) is 0 Å². The highest BCUT2D eigenvalue weighted by molar-refractivity contribution is 9.09. The van der Waals surface area contributed by atoms with E-state index in [4.69, 9.17) is 10.00 Å². The number of ether oxygens (including phenoxy) is 1. The number of halogens is 1. The summed E-state index contributed by atoms with van der Waals surface area (Å²) >= 11 is 3.26. The summed E-state index contributed by atoms with van der Waals surface area (Å²) in [6.07, 6.45) is 0.177. The molecule has 74 valence electrons. The topological polar surface area (TPSA) is 33.0 Å². The van der Waals surface area contributed by atoms with Crippen LogP contribution in [-0.4, -0.2) is 6.10 Å². The predicted octanol–water partition coefficient (Wildman–Crippen LogP) is 3.43. The molecule has 0 aliphatic heterocycles. The quantitative estimate of drug-likeness (QED) is 0.774. The zero-order valence-electron chi connectivity index (χ0n) is 8.20. The molecule has 0 aromatic heterocycles. The first kappa shape index (κ1) is 11.1. The zero-order valence-corrected chi connectivity index (χ0v) is 9.78. The van der Waals surface area contributed by atoms with Gasteiger partial charge in [-0.3, -0.25) is 0 Å². The Bertz CT molecular complexity index is 326. The van der Waals surface area contributed by atoms with E-state index in [1.54, 1.807) is 0 Å². The van der Waals surface area contributed by atoms with Gasteiger partial charge in [0.1, 0.15) is 10.6 Å². The fraction of sp³-hybridized carbons (Fsp3) is 0.364. The molecule has 0 spiro atoms. The number of nitrogens with zero attached hydrogens (tertiary/aromatic N) is 1. The van der Waals surface area contributed by atoms with Crippen LogP contribution < -0.4 is 4.74 Å². The Hall–Kier alpha value is -1.01.